The molecular formula is C14H25ClN4O2. The quantitative estimate of drug-likeness (QED) is 0.887. The Morgan fingerprint density at radius 1 is 1.57 bits per heavy atom. The van der Waals surface area contributed by atoms with Crippen molar-refractivity contribution >= 4 is 24.2 Å². The number of piperazine rings is 1. The van der Waals surface area contributed by atoms with E-state index in [0.29, 0.717) is 18.5 Å². The SMILES string of the molecule is C[C@@H]1CNCCN1CC(=O)Nc1cc(C(C)(C)C)no1.Cl. The number of nitrogens with zero attached hydrogens (tertiary/aromatic N) is 2. The largest absolute Gasteiger partial charge is 0.338 e. The van der Waals surface area contributed by atoms with Crippen LogP contribution in [0, 0.1) is 0 Å². The van der Waals surface area contributed by atoms with E-state index in [2.05, 4.69) is 48.4 Å². The highest BCUT2D eigenvalue weighted by Crippen LogP contribution is 2.23. The first-order chi connectivity index (χ1) is 9.36. The van der Waals surface area contributed by atoms with Gasteiger partial charge in [-0.15, -0.1) is 12.4 Å². The molecule has 1 aromatic heterocycles. The molecule has 1 aliphatic heterocycles. The summed E-state index contributed by atoms with van der Waals surface area (Å²) in [5, 5.41) is 10.1. The van der Waals surface area contributed by atoms with Crippen molar-refractivity contribution in [3.05, 3.63) is 11.8 Å². The molecule has 2 heterocycles. The van der Waals surface area contributed by atoms with E-state index in [0.717, 1.165) is 25.3 Å². The highest BCUT2D eigenvalue weighted by molar-refractivity contribution is 5.91. The molecule has 0 radical (unpaired) electrons. The van der Waals surface area contributed by atoms with Crippen molar-refractivity contribution in [2.45, 2.75) is 39.2 Å². The van der Waals surface area contributed by atoms with Crippen LogP contribution in [0.1, 0.15) is 33.4 Å². The molecule has 1 saturated heterocycles. The number of halogens is 1. The molecule has 21 heavy (non-hydrogen) atoms. The number of anilines is 1. The maximum atomic E-state index is 12.0. The number of carbonyl (C=O) groups is 1. The number of nitrogens with one attached hydrogen (secondary N) is 2. The van der Waals surface area contributed by atoms with Crippen molar-refractivity contribution in [3.63, 3.8) is 0 Å². The summed E-state index contributed by atoms with van der Waals surface area (Å²) in [4.78, 5) is 14.2. The van der Waals surface area contributed by atoms with Gasteiger partial charge >= 0.3 is 0 Å². The molecule has 0 unspecified atom stereocenters. The number of rotatable bonds is 3. The van der Waals surface area contributed by atoms with Crippen LogP contribution in [0.4, 0.5) is 5.88 Å². The van der Waals surface area contributed by atoms with Gasteiger partial charge in [-0.2, -0.15) is 0 Å². The first-order valence-corrected chi connectivity index (χ1v) is 7.08. The third kappa shape index (κ3) is 4.98. The molecule has 0 bridgehead atoms. The number of aromatic nitrogens is 1. The standard InChI is InChI=1S/C14H24N4O2.ClH/c1-10-8-15-5-6-18(10)9-12(19)16-13-7-11(17-20-13)14(2,3)4;/h7,10,15H,5-6,8-9H2,1-4H3,(H,16,19);1H/t10-;/m1./s1. The van der Waals surface area contributed by atoms with Crippen LogP contribution in [0.5, 0.6) is 0 Å². The molecule has 0 spiro atoms. The fourth-order valence-corrected chi connectivity index (χ4v) is 2.17. The Hall–Kier alpha value is -1.11. The summed E-state index contributed by atoms with van der Waals surface area (Å²) in [5.41, 5.74) is 0.753. The highest BCUT2D eigenvalue weighted by Gasteiger charge is 2.22. The molecule has 0 aromatic carbocycles. The average Bonchev–Trinajstić information content (AvgIpc) is 2.80. The van der Waals surface area contributed by atoms with E-state index < -0.39 is 0 Å². The lowest BCUT2D eigenvalue weighted by molar-refractivity contribution is -0.118. The molecule has 2 N–H and O–H groups in total. The molecule has 7 heteroatoms. The van der Waals surface area contributed by atoms with Crippen molar-refractivity contribution in [2.75, 3.05) is 31.5 Å². The summed E-state index contributed by atoms with van der Waals surface area (Å²) >= 11 is 0. The second-order valence-corrected chi connectivity index (χ2v) is 6.40. The number of hydrogen-bond acceptors (Lipinski definition) is 5. The fraction of sp³-hybridized carbons (Fsp3) is 0.714. The maximum Gasteiger partial charge on any atom is 0.240 e. The molecule has 0 aliphatic carbocycles. The Bertz CT molecular complexity index is 470. The highest BCUT2D eigenvalue weighted by atomic mass is 35.5. The molecule has 2 rings (SSSR count). The van der Waals surface area contributed by atoms with E-state index in [4.69, 9.17) is 4.52 Å². The third-order valence-corrected chi connectivity index (χ3v) is 3.53. The fourth-order valence-electron chi connectivity index (χ4n) is 2.17. The van der Waals surface area contributed by atoms with Gasteiger partial charge in [0.05, 0.1) is 12.2 Å². The topological polar surface area (TPSA) is 70.4 Å². The van der Waals surface area contributed by atoms with Gasteiger partial charge in [0.2, 0.25) is 11.8 Å². The molecular weight excluding hydrogens is 292 g/mol. The monoisotopic (exact) mass is 316 g/mol. The van der Waals surface area contributed by atoms with Crippen LogP contribution >= 0.6 is 12.4 Å². The number of hydrogen-bond donors (Lipinski definition) is 2. The normalized spacial score (nSPS) is 19.9. The first-order valence-electron chi connectivity index (χ1n) is 7.08. The zero-order valence-electron chi connectivity index (χ0n) is 13.1. The van der Waals surface area contributed by atoms with Crippen LogP contribution in [-0.2, 0) is 10.2 Å². The first kappa shape index (κ1) is 17.9. The van der Waals surface area contributed by atoms with Gasteiger partial charge in [-0.25, -0.2) is 0 Å². The van der Waals surface area contributed by atoms with Gasteiger partial charge in [0.15, 0.2) is 0 Å². The van der Waals surface area contributed by atoms with E-state index in [9.17, 15) is 4.79 Å². The van der Waals surface area contributed by atoms with E-state index in [1.165, 1.54) is 0 Å². The smallest absolute Gasteiger partial charge is 0.240 e. The van der Waals surface area contributed by atoms with Crippen LogP contribution in [0.25, 0.3) is 0 Å². The zero-order chi connectivity index (χ0) is 14.8. The Kier molecular flexibility index (Phi) is 6.19. The van der Waals surface area contributed by atoms with E-state index in [-0.39, 0.29) is 23.7 Å². The predicted octanol–water partition coefficient (Wildman–Crippen LogP) is 1.63. The lowest BCUT2D eigenvalue weighted by atomic mass is 9.92. The van der Waals surface area contributed by atoms with Gasteiger partial charge in [0, 0.05) is 37.2 Å². The molecule has 1 aromatic rings. The third-order valence-electron chi connectivity index (χ3n) is 3.53. The minimum atomic E-state index is -0.0838. The van der Waals surface area contributed by atoms with Crippen molar-refractivity contribution in [1.82, 2.24) is 15.4 Å². The number of amides is 1. The summed E-state index contributed by atoms with van der Waals surface area (Å²) < 4.78 is 5.17. The zero-order valence-corrected chi connectivity index (χ0v) is 13.9. The van der Waals surface area contributed by atoms with Crippen molar-refractivity contribution in [2.24, 2.45) is 0 Å². The molecule has 120 valence electrons. The molecule has 1 atom stereocenters. The summed E-state index contributed by atoms with van der Waals surface area (Å²) in [7, 11) is 0. The van der Waals surface area contributed by atoms with Crippen molar-refractivity contribution in [3.8, 4) is 0 Å². The van der Waals surface area contributed by atoms with E-state index >= 15 is 0 Å². The molecule has 1 amide bonds. The summed E-state index contributed by atoms with van der Waals surface area (Å²) in [6.45, 7) is 11.4. The summed E-state index contributed by atoms with van der Waals surface area (Å²) in [6.07, 6.45) is 0. The van der Waals surface area contributed by atoms with E-state index in [1.54, 1.807) is 6.07 Å². The Labute approximate surface area is 132 Å². The lowest BCUT2D eigenvalue weighted by Crippen LogP contribution is -2.51. The van der Waals surface area contributed by atoms with Crippen LogP contribution < -0.4 is 10.6 Å². The Balaban J connectivity index is 0.00000220. The van der Waals surface area contributed by atoms with Gasteiger partial charge < -0.3 is 9.84 Å². The van der Waals surface area contributed by atoms with Gasteiger partial charge in [0.25, 0.3) is 0 Å². The maximum absolute atomic E-state index is 12.0. The Morgan fingerprint density at radius 3 is 2.86 bits per heavy atom. The van der Waals surface area contributed by atoms with Gasteiger partial charge in [-0.3, -0.25) is 15.0 Å². The van der Waals surface area contributed by atoms with Gasteiger partial charge in [0.1, 0.15) is 0 Å². The second-order valence-electron chi connectivity index (χ2n) is 6.40. The minimum Gasteiger partial charge on any atom is -0.338 e. The number of carbonyl (C=O) groups excluding carboxylic acids is 1. The average molecular weight is 317 g/mol. The van der Waals surface area contributed by atoms with Crippen LogP contribution in [-0.4, -0.2) is 48.2 Å². The van der Waals surface area contributed by atoms with Crippen LogP contribution in [0.3, 0.4) is 0 Å². The molecule has 6 nitrogen and oxygen atoms in total. The minimum absolute atomic E-state index is 0. The van der Waals surface area contributed by atoms with Crippen LogP contribution in [0.15, 0.2) is 10.6 Å². The molecule has 0 saturated carbocycles. The Morgan fingerprint density at radius 2 is 2.29 bits per heavy atom. The summed E-state index contributed by atoms with van der Waals surface area (Å²) in [5.74, 6) is 0.359. The lowest BCUT2D eigenvalue weighted by Gasteiger charge is -2.33. The predicted molar refractivity (Wildman–Crippen MR) is 85.0 cm³/mol. The summed E-state index contributed by atoms with van der Waals surface area (Å²) in [6, 6.07) is 2.16. The van der Waals surface area contributed by atoms with Crippen molar-refractivity contribution in [1.29, 1.82) is 0 Å². The van der Waals surface area contributed by atoms with Crippen molar-refractivity contribution < 1.29 is 9.32 Å². The van der Waals surface area contributed by atoms with Gasteiger partial charge in [-0.1, -0.05) is 25.9 Å². The van der Waals surface area contributed by atoms with Crippen LogP contribution in [0.2, 0.25) is 0 Å². The van der Waals surface area contributed by atoms with E-state index in [1.807, 2.05) is 0 Å². The second kappa shape index (κ2) is 7.24. The molecule has 1 aliphatic rings. The molecule has 1 fully saturated rings. The van der Waals surface area contributed by atoms with Gasteiger partial charge in [-0.05, 0) is 6.92 Å².